The molecule has 2 heterocycles. The second-order valence-electron chi connectivity index (χ2n) is 4.82. The Balaban J connectivity index is 1.60. The molecule has 0 N–H and O–H groups in total. The van der Waals surface area contributed by atoms with Gasteiger partial charge in [-0.05, 0) is 18.1 Å². The Kier molecular flexibility index (Phi) is 3.58. The van der Waals surface area contributed by atoms with Gasteiger partial charge in [0.05, 0.1) is 18.4 Å². The molecule has 1 amide bonds. The molecule has 5 heteroatoms. The van der Waals surface area contributed by atoms with E-state index in [2.05, 4.69) is 10.2 Å². The van der Waals surface area contributed by atoms with Crippen LogP contribution >= 0.6 is 0 Å². The second kappa shape index (κ2) is 5.69. The third-order valence-corrected chi connectivity index (χ3v) is 3.46. The first-order valence-electron chi connectivity index (χ1n) is 6.71. The minimum atomic E-state index is 0.0449. The SMILES string of the molecule is O=C(/C=C/c1ccccc1)N1CC[C@H](n2nccn2)C1. The molecule has 1 saturated heterocycles. The van der Waals surface area contributed by atoms with Crippen LogP contribution in [0.15, 0.2) is 48.8 Å². The van der Waals surface area contributed by atoms with Gasteiger partial charge in [-0.1, -0.05) is 30.3 Å². The number of rotatable bonds is 3. The topological polar surface area (TPSA) is 51.0 Å². The highest BCUT2D eigenvalue weighted by molar-refractivity contribution is 5.91. The fourth-order valence-electron chi connectivity index (χ4n) is 2.38. The molecule has 1 aromatic carbocycles. The van der Waals surface area contributed by atoms with Gasteiger partial charge in [-0.25, -0.2) is 0 Å². The van der Waals surface area contributed by atoms with Gasteiger partial charge in [0.25, 0.3) is 0 Å². The minimum Gasteiger partial charge on any atom is -0.337 e. The molecule has 3 rings (SSSR count). The van der Waals surface area contributed by atoms with Crippen molar-refractivity contribution in [3.63, 3.8) is 0 Å². The number of nitrogens with zero attached hydrogens (tertiary/aromatic N) is 4. The molecule has 0 unspecified atom stereocenters. The van der Waals surface area contributed by atoms with Gasteiger partial charge in [0.1, 0.15) is 0 Å². The number of benzene rings is 1. The molecule has 1 aliphatic rings. The van der Waals surface area contributed by atoms with Crippen molar-refractivity contribution in [2.24, 2.45) is 0 Å². The van der Waals surface area contributed by atoms with Crippen LogP contribution in [0.2, 0.25) is 0 Å². The van der Waals surface area contributed by atoms with E-state index < -0.39 is 0 Å². The van der Waals surface area contributed by atoms with Crippen molar-refractivity contribution in [3.8, 4) is 0 Å². The fourth-order valence-corrected chi connectivity index (χ4v) is 2.38. The molecule has 20 heavy (non-hydrogen) atoms. The lowest BCUT2D eigenvalue weighted by Gasteiger charge is -2.13. The Morgan fingerprint density at radius 1 is 1.20 bits per heavy atom. The molecule has 1 atom stereocenters. The van der Waals surface area contributed by atoms with Gasteiger partial charge in [-0.15, -0.1) is 0 Å². The number of hydrogen-bond acceptors (Lipinski definition) is 3. The standard InChI is InChI=1S/C15H16N4O/c20-15(7-6-13-4-2-1-3-5-13)18-11-8-14(12-18)19-16-9-10-17-19/h1-7,9-10,14H,8,11-12H2/b7-6+/t14-/m0/s1. The number of carbonyl (C=O) groups excluding carboxylic acids is 1. The Hall–Kier alpha value is -2.43. The predicted octanol–water partition coefficient (Wildman–Crippen LogP) is 1.76. The maximum absolute atomic E-state index is 12.1. The van der Waals surface area contributed by atoms with Crippen molar-refractivity contribution in [1.82, 2.24) is 19.9 Å². The molecule has 1 aliphatic heterocycles. The summed E-state index contributed by atoms with van der Waals surface area (Å²) in [5.74, 6) is 0.0449. The number of amides is 1. The van der Waals surface area contributed by atoms with Crippen molar-refractivity contribution in [1.29, 1.82) is 0 Å². The van der Waals surface area contributed by atoms with Crippen LogP contribution in [-0.2, 0) is 4.79 Å². The number of carbonyl (C=O) groups is 1. The lowest BCUT2D eigenvalue weighted by molar-refractivity contribution is -0.125. The Morgan fingerprint density at radius 3 is 2.70 bits per heavy atom. The van der Waals surface area contributed by atoms with Gasteiger partial charge in [-0.3, -0.25) is 4.79 Å². The molecular weight excluding hydrogens is 252 g/mol. The summed E-state index contributed by atoms with van der Waals surface area (Å²) in [7, 11) is 0. The Morgan fingerprint density at radius 2 is 1.95 bits per heavy atom. The zero-order valence-electron chi connectivity index (χ0n) is 11.1. The zero-order chi connectivity index (χ0) is 13.8. The Labute approximate surface area is 117 Å². The van der Waals surface area contributed by atoms with Crippen LogP contribution in [0.3, 0.4) is 0 Å². The molecule has 0 saturated carbocycles. The van der Waals surface area contributed by atoms with Gasteiger partial charge >= 0.3 is 0 Å². The van der Waals surface area contributed by atoms with E-state index in [1.54, 1.807) is 23.3 Å². The van der Waals surface area contributed by atoms with Crippen LogP contribution < -0.4 is 0 Å². The maximum Gasteiger partial charge on any atom is 0.246 e. The Bertz CT molecular complexity index is 592. The van der Waals surface area contributed by atoms with Crippen LogP contribution in [0.5, 0.6) is 0 Å². The molecule has 1 aromatic heterocycles. The summed E-state index contributed by atoms with van der Waals surface area (Å²) >= 11 is 0. The van der Waals surface area contributed by atoms with Crippen LogP contribution in [-0.4, -0.2) is 38.9 Å². The zero-order valence-corrected chi connectivity index (χ0v) is 11.1. The molecule has 0 bridgehead atoms. The van der Waals surface area contributed by atoms with Crippen molar-refractivity contribution in [2.45, 2.75) is 12.5 Å². The summed E-state index contributed by atoms with van der Waals surface area (Å²) in [4.78, 5) is 15.7. The van der Waals surface area contributed by atoms with Gasteiger partial charge in [0.15, 0.2) is 0 Å². The van der Waals surface area contributed by atoms with Crippen LogP contribution in [0, 0.1) is 0 Å². The number of aromatic nitrogens is 3. The molecule has 0 aliphatic carbocycles. The summed E-state index contributed by atoms with van der Waals surface area (Å²) in [6, 6.07) is 10.0. The first-order chi connectivity index (χ1) is 9.83. The highest BCUT2D eigenvalue weighted by Crippen LogP contribution is 2.19. The van der Waals surface area contributed by atoms with E-state index in [0.29, 0.717) is 6.54 Å². The molecule has 102 valence electrons. The summed E-state index contributed by atoms with van der Waals surface area (Å²) in [5.41, 5.74) is 1.03. The van der Waals surface area contributed by atoms with Crippen LogP contribution in [0.4, 0.5) is 0 Å². The quantitative estimate of drug-likeness (QED) is 0.797. The van der Waals surface area contributed by atoms with E-state index in [9.17, 15) is 4.79 Å². The largest absolute Gasteiger partial charge is 0.337 e. The van der Waals surface area contributed by atoms with Crippen LogP contribution in [0.1, 0.15) is 18.0 Å². The highest BCUT2D eigenvalue weighted by Gasteiger charge is 2.27. The monoisotopic (exact) mass is 268 g/mol. The van der Waals surface area contributed by atoms with Crippen molar-refractivity contribution in [2.75, 3.05) is 13.1 Å². The lowest BCUT2D eigenvalue weighted by atomic mass is 10.2. The van der Waals surface area contributed by atoms with E-state index in [0.717, 1.165) is 18.5 Å². The molecule has 1 fully saturated rings. The molecule has 0 spiro atoms. The van der Waals surface area contributed by atoms with Gasteiger partial charge in [-0.2, -0.15) is 15.0 Å². The number of hydrogen-bond donors (Lipinski definition) is 0. The molecule has 0 radical (unpaired) electrons. The molecule has 2 aromatic rings. The van der Waals surface area contributed by atoms with E-state index in [1.807, 2.05) is 41.3 Å². The highest BCUT2D eigenvalue weighted by atomic mass is 16.2. The first-order valence-corrected chi connectivity index (χ1v) is 6.71. The maximum atomic E-state index is 12.1. The predicted molar refractivity (Wildman–Crippen MR) is 75.7 cm³/mol. The van der Waals surface area contributed by atoms with E-state index >= 15 is 0 Å². The average Bonchev–Trinajstić information content (AvgIpc) is 3.16. The van der Waals surface area contributed by atoms with Gasteiger partial charge in [0.2, 0.25) is 5.91 Å². The van der Waals surface area contributed by atoms with Crippen molar-refractivity contribution >= 4 is 12.0 Å². The van der Waals surface area contributed by atoms with Crippen molar-refractivity contribution in [3.05, 3.63) is 54.4 Å². The molecular formula is C15H16N4O. The summed E-state index contributed by atoms with van der Waals surface area (Å²) in [5, 5.41) is 8.27. The second-order valence-corrected chi connectivity index (χ2v) is 4.82. The van der Waals surface area contributed by atoms with Gasteiger partial charge in [0, 0.05) is 19.2 Å². The fraction of sp³-hybridized carbons (Fsp3) is 0.267. The summed E-state index contributed by atoms with van der Waals surface area (Å²) < 4.78 is 0. The van der Waals surface area contributed by atoms with Crippen molar-refractivity contribution < 1.29 is 4.79 Å². The van der Waals surface area contributed by atoms with E-state index in [1.165, 1.54) is 0 Å². The first kappa shape index (κ1) is 12.6. The van der Waals surface area contributed by atoms with Crippen LogP contribution in [0.25, 0.3) is 6.08 Å². The third kappa shape index (κ3) is 2.77. The normalized spacial score (nSPS) is 18.8. The van der Waals surface area contributed by atoms with E-state index in [-0.39, 0.29) is 11.9 Å². The minimum absolute atomic E-state index is 0.0449. The number of likely N-dealkylation sites (tertiary alicyclic amines) is 1. The molecule has 5 nitrogen and oxygen atoms in total. The van der Waals surface area contributed by atoms with E-state index in [4.69, 9.17) is 0 Å². The van der Waals surface area contributed by atoms with Gasteiger partial charge < -0.3 is 4.90 Å². The average molecular weight is 268 g/mol. The summed E-state index contributed by atoms with van der Waals surface area (Å²) in [6.45, 7) is 1.43. The third-order valence-electron chi connectivity index (χ3n) is 3.46. The summed E-state index contributed by atoms with van der Waals surface area (Å²) in [6.07, 6.45) is 7.72. The smallest absolute Gasteiger partial charge is 0.246 e. The lowest BCUT2D eigenvalue weighted by Crippen LogP contribution is -2.27.